The molecule has 1 atom stereocenters. The lowest BCUT2D eigenvalue weighted by molar-refractivity contribution is -0.122. The Hall–Kier alpha value is -1.40. The highest BCUT2D eigenvalue weighted by molar-refractivity contribution is 5.81. The van der Waals surface area contributed by atoms with Gasteiger partial charge in [0.15, 0.2) is 0 Å². The van der Waals surface area contributed by atoms with E-state index in [1.54, 1.807) is 12.5 Å². The molecule has 6 nitrogen and oxygen atoms in total. The molecule has 1 heterocycles. The Bertz CT molecular complexity index is 312. The molecule has 0 saturated heterocycles. The van der Waals surface area contributed by atoms with Crippen molar-refractivity contribution < 1.29 is 4.79 Å². The second kappa shape index (κ2) is 7.81. The summed E-state index contributed by atoms with van der Waals surface area (Å²) in [7, 11) is 0. The van der Waals surface area contributed by atoms with Crippen LogP contribution in [-0.4, -0.2) is 35.0 Å². The quantitative estimate of drug-likeness (QED) is 0.459. The normalized spacial score (nSPS) is 12.4. The number of H-pyrrole nitrogens is 1. The molecule has 1 aromatic rings. The second-order valence-corrected chi connectivity index (χ2v) is 4.01. The first kappa shape index (κ1) is 13.7. The Morgan fingerprint density at radius 1 is 1.53 bits per heavy atom. The van der Waals surface area contributed by atoms with Crippen LogP contribution in [0.4, 0.5) is 0 Å². The van der Waals surface area contributed by atoms with Crippen LogP contribution in [-0.2, 0) is 11.2 Å². The Balaban J connectivity index is 2.11. The van der Waals surface area contributed by atoms with Crippen molar-refractivity contribution in [1.82, 2.24) is 15.3 Å². The lowest BCUT2D eigenvalue weighted by Crippen LogP contribution is -2.41. The summed E-state index contributed by atoms with van der Waals surface area (Å²) in [6.07, 6.45) is 6.60. The van der Waals surface area contributed by atoms with Crippen LogP contribution in [0.5, 0.6) is 0 Å². The fraction of sp³-hybridized carbons (Fsp3) is 0.636. The lowest BCUT2D eigenvalue weighted by Gasteiger charge is -2.11. The zero-order chi connectivity index (χ0) is 12.5. The van der Waals surface area contributed by atoms with Gasteiger partial charge in [0.2, 0.25) is 5.91 Å². The molecule has 6 N–H and O–H groups in total. The molecular weight excluding hydrogens is 218 g/mol. The Morgan fingerprint density at radius 2 is 2.35 bits per heavy atom. The van der Waals surface area contributed by atoms with Crippen LogP contribution in [0.25, 0.3) is 0 Å². The van der Waals surface area contributed by atoms with E-state index < -0.39 is 6.04 Å². The van der Waals surface area contributed by atoms with Crippen molar-refractivity contribution in [3.63, 3.8) is 0 Å². The standard InChI is InChI=1S/C11H21N5O/c12-5-2-1-3-10(13)11(17)15-6-4-9-7-14-8-16-9/h7-8,10H,1-6,12-13H2,(H,14,16)(H,15,17). The van der Waals surface area contributed by atoms with Crippen molar-refractivity contribution in [3.05, 3.63) is 18.2 Å². The van der Waals surface area contributed by atoms with Gasteiger partial charge >= 0.3 is 0 Å². The van der Waals surface area contributed by atoms with Gasteiger partial charge in [0.1, 0.15) is 0 Å². The van der Waals surface area contributed by atoms with E-state index in [2.05, 4.69) is 15.3 Å². The smallest absolute Gasteiger partial charge is 0.236 e. The van der Waals surface area contributed by atoms with Gasteiger partial charge in [-0.2, -0.15) is 0 Å². The van der Waals surface area contributed by atoms with Crippen LogP contribution in [0.15, 0.2) is 12.5 Å². The summed E-state index contributed by atoms with van der Waals surface area (Å²) in [6, 6.07) is -0.427. The van der Waals surface area contributed by atoms with Gasteiger partial charge in [0, 0.05) is 24.9 Å². The highest BCUT2D eigenvalue weighted by atomic mass is 16.2. The number of amides is 1. The first-order valence-electron chi connectivity index (χ1n) is 5.94. The van der Waals surface area contributed by atoms with Crippen LogP contribution in [0.2, 0.25) is 0 Å². The number of aromatic amines is 1. The van der Waals surface area contributed by atoms with Crippen LogP contribution in [0, 0.1) is 0 Å². The van der Waals surface area contributed by atoms with Crippen molar-refractivity contribution in [2.75, 3.05) is 13.1 Å². The maximum Gasteiger partial charge on any atom is 0.236 e. The molecule has 6 heteroatoms. The van der Waals surface area contributed by atoms with Crippen LogP contribution >= 0.6 is 0 Å². The van der Waals surface area contributed by atoms with Crippen LogP contribution < -0.4 is 16.8 Å². The number of rotatable bonds is 8. The molecular formula is C11H21N5O. The summed E-state index contributed by atoms with van der Waals surface area (Å²) in [4.78, 5) is 18.4. The van der Waals surface area contributed by atoms with Gasteiger partial charge in [-0.1, -0.05) is 6.42 Å². The Morgan fingerprint density at radius 3 is 3.00 bits per heavy atom. The van der Waals surface area contributed by atoms with Gasteiger partial charge in [-0.05, 0) is 19.4 Å². The van der Waals surface area contributed by atoms with Gasteiger partial charge in [0.25, 0.3) is 0 Å². The van der Waals surface area contributed by atoms with E-state index in [4.69, 9.17) is 11.5 Å². The average Bonchev–Trinajstić information content (AvgIpc) is 2.82. The fourth-order valence-electron chi connectivity index (χ4n) is 1.51. The van der Waals surface area contributed by atoms with Gasteiger partial charge in [0.05, 0.1) is 12.4 Å². The SMILES string of the molecule is NCCCCC(N)C(=O)NCCc1cnc[nH]1. The van der Waals surface area contributed by atoms with E-state index in [1.807, 2.05) is 0 Å². The van der Waals surface area contributed by atoms with Gasteiger partial charge < -0.3 is 21.8 Å². The first-order valence-corrected chi connectivity index (χ1v) is 5.94. The zero-order valence-corrected chi connectivity index (χ0v) is 9.98. The number of carbonyl (C=O) groups excluding carboxylic acids is 1. The Kier molecular flexibility index (Phi) is 6.27. The van der Waals surface area contributed by atoms with Crippen molar-refractivity contribution >= 4 is 5.91 Å². The summed E-state index contributed by atoms with van der Waals surface area (Å²) >= 11 is 0. The highest BCUT2D eigenvalue weighted by Crippen LogP contribution is 1.98. The van der Waals surface area contributed by atoms with E-state index >= 15 is 0 Å². The molecule has 1 amide bonds. The van der Waals surface area contributed by atoms with Crippen molar-refractivity contribution in [2.24, 2.45) is 11.5 Å². The molecule has 1 aromatic heterocycles. The topological polar surface area (TPSA) is 110 Å². The lowest BCUT2D eigenvalue weighted by atomic mass is 10.1. The average molecular weight is 239 g/mol. The summed E-state index contributed by atoms with van der Waals surface area (Å²) in [5, 5.41) is 2.80. The molecule has 0 spiro atoms. The number of nitrogens with one attached hydrogen (secondary N) is 2. The van der Waals surface area contributed by atoms with E-state index in [0.717, 1.165) is 25.0 Å². The number of imidazole rings is 1. The van der Waals surface area contributed by atoms with Crippen molar-refractivity contribution in [3.8, 4) is 0 Å². The summed E-state index contributed by atoms with van der Waals surface area (Å²) in [6.45, 7) is 1.22. The van der Waals surface area contributed by atoms with E-state index in [-0.39, 0.29) is 5.91 Å². The number of carbonyl (C=O) groups is 1. The van der Waals surface area contributed by atoms with E-state index in [0.29, 0.717) is 19.5 Å². The number of nitrogens with two attached hydrogens (primary N) is 2. The third-order valence-corrected chi connectivity index (χ3v) is 2.55. The summed E-state index contributed by atoms with van der Waals surface area (Å²) in [5.41, 5.74) is 12.1. The molecule has 1 unspecified atom stereocenters. The minimum absolute atomic E-state index is 0.0958. The number of unbranched alkanes of at least 4 members (excludes halogenated alkanes) is 1. The molecule has 0 aliphatic carbocycles. The van der Waals surface area contributed by atoms with Crippen LogP contribution in [0.3, 0.4) is 0 Å². The fourth-order valence-corrected chi connectivity index (χ4v) is 1.51. The molecule has 0 aliphatic heterocycles. The molecule has 1 rings (SSSR count). The largest absolute Gasteiger partial charge is 0.354 e. The van der Waals surface area contributed by atoms with Crippen LogP contribution in [0.1, 0.15) is 25.0 Å². The second-order valence-electron chi connectivity index (χ2n) is 4.01. The Labute approximate surface area is 101 Å². The van der Waals surface area contributed by atoms with E-state index in [9.17, 15) is 4.79 Å². The first-order chi connectivity index (χ1) is 8.24. The predicted octanol–water partition coefficient (Wildman–Crippen LogP) is -0.475. The van der Waals surface area contributed by atoms with E-state index in [1.165, 1.54) is 0 Å². The molecule has 17 heavy (non-hydrogen) atoms. The molecule has 0 radical (unpaired) electrons. The zero-order valence-electron chi connectivity index (χ0n) is 9.98. The number of nitrogens with zero attached hydrogens (tertiary/aromatic N) is 1. The maximum atomic E-state index is 11.6. The summed E-state index contributed by atoms with van der Waals surface area (Å²) in [5.74, 6) is -0.0958. The third-order valence-electron chi connectivity index (χ3n) is 2.55. The van der Waals surface area contributed by atoms with Gasteiger partial charge in [-0.3, -0.25) is 4.79 Å². The molecule has 0 aromatic carbocycles. The van der Waals surface area contributed by atoms with Gasteiger partial charge in [-0.15, -0.1) is 0 Å². The number of hydrogen-bond acceptors (Lipinski definition) is 4. The maximum absolute atomic E-state index is 11.6. The van der Waals surface area contributed by atoms with Crippen molar-refractivity contribution in [1.29, 1.82) is 0 Å². The number of aromatic nitrogens is 2. The molecule has 96 valence electrons. The predicted molar refractivity (Wildman–Crippen MR) is 66.2 cm³/mol. The summed E-state index contributed by atoms with van der Waals surface area (Å²) < 4.78 is 0. The monoisotopic (exact) mass is 239 g/mol. The minimum Gasteiger partial charge on any atom is -0.354 e. The molecule has 0 bridgehead atoms. The minimum atomic E-state index is -0.427. The molecule has 0 aliphatic rings. The number of hydrogen-bond donors (Lipinski definition) is 4. The molecule has 0 fully saturated rings. The highest BCUT2D eigenvalue weighted by Gasteiger charge is 2.11. The third kappa shape index (κ3) is 5.46. The molecule has 0 saturated carbocycles. The van der Waals surface area contributed by atoms with Gasteiger partial charge in [-0.25, -0.2) is 4.98 Å². The van der Waals surface area contributed by atoms with Crippen molar-refractivity contribution in [2.45, 2.75) is 31.7 Å².